The van der Waals surface area contributed by atoms with Crippen molar-refractivity contribution in [1.82, 2.24) is 5.32 Å². The van der Waals surface area contributed by atoms with E-state index in [9.17, 15) is 14.4 Å². The third kappa shape index (κ3) is 3.70. The van der Waals surface area contributed by atoms with Crippen molar-refractivity contribution in [2.45, 2.75) is 6.04 Å². The predicted octanol–water partition coefficient (Wildman–Crippen LogP) is -1.18. The van der Waals surface area contributed by atoms with Crippen molar-refractivity contribution in [2.24, 2.45) is 11.5 Å². The van der Waals surface area contributed by atoms with Gasteiger partial charge in [0.15, 0.2) is 6.04 Å². The molecule has 1 aromatic rings. The first-order chi connectivity index (χ1) is 8.82. The van der Waals surface area contributed by atoms with Gasteiger partial charge >= 0.3 is 0 Å². The number of benzene rings is 1. The molecule has 0 unspecified atom stereocenters. The van der Waals surface area contributed by atoms with Gasteiger partial charge in [0.1, 0.15) is 0 Å². The Hall–Kier alpha value is -2.57. The number of nitrogens with two attached hydrogens (primary N) is 2. The number of amides is 3. The van der Waals surface area contributed by atoms with Crippen molar-refractivity contribution < 1.29 is 14.4 Å². The molecule has 0 heterocycles. The highest BCUT2D eigenvalue weighted by Crippen LogP contribution is 2.12. The second-order valence-electron chi connectivity index (χ2n) is 4.15. The molecule has 0 bridgehead atoms. The topological polar surface area (TPSA) is 119 Å². The lowest BCUT2D eigenvalue weighted by atomic mass is 10.1. The van der Waals surface area contributed by atoms with Gasteiger partial charge in [-0.05, 0) is 24.3 Å². The van der Waals surface area contributed by atoms with E-state index in [1.807, 2.05) is 19.0 Å². The van der Waals surface area contributed by atoms with Crippen LogP contribution in [0.2, 0.25) is 0 Å². The molecule has 0 aromatic heterocycles. The lowest BCUT2D eigenvalue weighted by Crippen LogP contribution is -2.52. The van der Waals surface area contributed by atoms with E-state index in [0.717, 1.165) is 5.69 Å². The highest BCUT2D eigenvalue weighted by molar-refractivity contribution is 6.08. The SMILES string of the molecule is CN(C)c1ccc(C(=O)NC(C(N)=O)C(N)=O)cc1. The van der Waals surface area contributed by atoms with Crippen molar-refractivity contribution in [2.75, 3.05) is 19.0 Å². The molecule has 7 nitrogen and oxygen atoms in total. The maximum Gasteiger partial charge on any atom is 0.252 e. The Morgan fingerprint density at radius 2 is 1.53 bits per heavy atom. The smallest absolute Gasteiger partial charge is 0.252 e. The molecular formula is C12H16N4O3. The molecule has 0 fully saturated rings. The van der Waals surface area contributed by atoms with E-state index in [1.54, 1.807) is 24.3 Å². The second kappa shape index (κ2) is 5.85. The summed E-state index contributed by atoms with van der Waals surface area (Å²) in [6.45, 7) is 0. The van der Waals surface area contributed by atoms with E-state index in [1.165, 1.54) is 0 Å². The van der Waals surface area contributed by atoms with Crippen LogP contribution in [0.25, 0.3) is 0 Å². The highest BCUT2D eigenvalue weighted by atomic mass is 16.2. The van der Waals surface area contributed by atoms with Crippen molar-refractivity contribution in [3.63, 3.8) is 0 Å². The molecule has 102 valence electrons. The molecule has 0 aliphatic carbocycles. The van der Waals surface area contributed by atoms with Crippen LogP contribution in [0.1, 0.15) is 10.4 Å². The Balaban J connectivity index is 2.83. The van der Waals surface area contributed by atoms with Gasteiger partial charge in [-0.2, -0.15) is 0 Å². The minimum atomic E-state index is -1.51. The van der Waals surface area contributed by atoms with Crippen molar-refractivity contribution in [3.05, 3.63) is 29.8 Å². The molecule has 5 N–H and O–H groups in total. The van der Waals surface area contributed by atoms with Crippen LogP contribution in [0.3, 0.4) is 0 Å². The van der Waals surface area contributed by atoms with E-state index in [-0.39, 0.29) is 0 Å². The van der Waals surface area contributed by atoms with E-state index in [4.69, 9.17) is 11.5 Å². The first-order valence-electron chi connectivity index (χ1n) is 5.50. The Kier molecular flexibility index (Phi) is 4.46. The van der Waals surface area contributed by atoms with Crippen LogP contribution in [0.15, 0.2) is 24.3 Å². The third-order valence-corrected chi connectivity index (χ3v) is 2.49. The monoisotopic (exact) mass is 264 g/mol. The molecule has 1 aromatic carbocycles. The zero-order valence-corrected chi connectivity index (χ0v) is 10.7. The van der Waals surface area contributed by atoms with Crippen LogP contribution >= 0.6 is 0 Å². The molecule has 1 rings (SSSR count). The number of hydrogen-bond donors (Lipinski definition) is 3. The number of hydrogen-bond acceptors (Lipinski definition) is 4. The van der Waals surface area contributed by atoms with E-state index in [2.05, 4.69) is 5.32 Å². The Labute approximate surface area is 110 Å². The molecule has 0 saturated carbocycles. The first-order valence-corrected chi connectivity index (χ1v) is 5.50. The van der Waals surface area contributed by atoms with Gasteiger partial charge in [0.05, 0.1) is 0 Å². The summed E-state index contributed by atoms with van der Waals surface area (Å²) in [4.78, 5) is 35.6. The van der Waals surface area contributed by atoms with Crippen molar-refractivity contribution >= 4 is 23.4 Å². The zero-order valence-electron chi connectivity index (χ0n) is 10.7. The van der Waals surface area contributed by atoms with Crippen molar-refractivity contribution in [1.29, 1.82) is 0 Å². The number of nitrogens with zero attached hydrogens (tertiary/aromatic N) is 1. The normalized spacial score (nSPS) is 10.1. The van der Waals surface area contributed by atoms with Gasteiger partial charge in [0.2, 0.25) is 11.8 Å². The molecule has 3 amide bonds. The Bertz CT molecular complexity index is 482. The summed E-state index contributed by atoms with van der Waals surface area (Å²) in [6.07, 6.45) is 0. The summed E-state index contributed by atoms with van der Waals surface area (Å²) in [5.41, 5.74) is 11.2. The van der Waals surface area contributed by atoms with Crippen LogP contribution < -0.4 is 21.7 Å². The highest BCUT2D eigenvalue weighted by Gasteiger charge is 2.24. The first kappa shape index (κ1) is 14.5. The molecule has 0 aliphatic heterocycles. The molecular weight excluding hydrogens is 248 g/mol. The molecule has 0 radical (unpaired) electrons. The fourth-order valence-corrected chi connectivity index (χ4v) is 1.41. The van der Waals surface area contributed by atoms with E-state index in [0.29, 0.717) is 5.56 Å². The summed E-state index contributed by atoms with van der Waals surface area (Å²) < 4.78 is 0. The molecule has 0 aliphatic rings. The summed E-state index contributed by atoms with van der Waals surface area (Å²) >= 11 is 0. The number of rotatable bonds is 5. The zero-order chi connectivity index (χ0) is 14.6. The maximum absolute atomic E-state index is 11.8. The minimum Gasteiger partial charge on any atom is -0.378 e. The van der Waals surface area contributed by atoms with Crippen LogP contribution in [-0.2, 0) is 9.59 Å². The standard InChI is InChI=1S/C12H16N4O3/c1-16(2)8-5-3-7(4-6-8)12(19)15-9(10(13)17)11(14)18/h3-6,9H,1-2H3,(H2,13,17)(H2,14,18)(H,15,19). The van der Waals surface area contributed by atoms with Crippen LogP contribution in [0, 0.1) is 0 Å². The van der Waals surface area contributed by atoms with Gasteiger partial charge in [-0.1, -0.05) is 0 Å². The molecule has 19 heavy (non-hydrogen) atoms. The largest absolute Gasteiger partial charge is 0.378 e. The van der Waals surface area contributed by atoms with Crippen molar-refractivity contribution in [3.8, 4) is 0 Å². The van der Waals surface area contributed by atoms with Gasteiger partial charge in [0.25, 0.3) is 5.91 Å². The second-order valence-corrected chi connectivity index (χ2v) is 4.15. The quantitative estimate of drug-likeness (QED) is 0.580. The maximum atomic E-state index is 11.8. The average Bonchev–Trinajstić information content (AvgIpc) is 2.34. The molecule has 0 atom stereocenters. The fourth-order valence-electron chi connectivity index (χ4n) is 1.41. The molecule has 0 spiro atoms. The van der Waals surface area contributed by atoms with Crippen LogP contribution in [0.4, 0.5) is 5.69 Å². The summed E-state index contributed by atoms with van der Waals surface area (Å²) in [6, 6.07) is 5.10. The number of primary amides is 2. The summed E-state index contributed by atoms with van der Waals surface area (Å²) in [7, 11) is 3.73. The number of carbonyl (C=O) groups is 3. The predicted molar refractivity (Wildman–Crippen MR) is 70.4 cm³/mol. The molecule has 7 heteroatoms. The van der Waals surface area contributed by atoms with Crippen LogP contribution in [-0.4, -0.2) is 37.9 Å². The Morgan fingerprint density at radius 3 is 1.89 bits per heavy atom. The van der Waals surface area contributed by atoms with Gasteiger partial charge in [-0.3, -0.25) is 14.4 Å². The van der Waals surface area contributed by atoms with Crippen LogP contribution in [0.5, 0.6) is 0 Å². The van der Waals surface area contributed by atoms with Gasteiger partial charge in [-0.15, -0.1) is 0 Å². The van der Waals surface area contributed by atoms with Gasteiger partial charge in [-0.25, -0.2) is 0 Å². The number of nitrogens with one attached hydrogen (secondary N) is 1. The number of anilines is 1. The summed E-state index contributed by atoms with van der Waals surface area (Å²) in [5.74, 6) is -2.58. The lowest BCUT2D eigenvalue weighted by molar-refractivity contribution is -0.128. The lowest BCUT2D eigenvalue weighted by Gasteiger charge is -2.14. The van der Waals surface area contributed by atoms with Gasteiger partial charge < -0.3 is 21.7 Å². The van der Waals surface area contributed by atoms with E-state index >= 15 is 0 Å². The average molecular weight is 264 g/mol. The van der Waals surface area contributed by atoms with E-state index < -0.39 is 23.8 Å². The number of carbonyl (C=O) groups excluding carboxylic acids is 3. The fraction of sp³-hybridized carbons (Fsp3) is 0.250. The third-order valence-electron chi connectivity index (χ3n) is 2.49. The summed E-state index contributed by atoms with van der Waals surface area (Å²) in [5, 5.41) is 2.18. The van der Waals surface area contributed by atoms with Gasteiger partial charge in [0, 0.05) is 25.3 Å². The minimum absolute atomic E-state index is 0.304. The Morgan fingerprint density at radius 1 is 1.05 bits per heavy atom. The molecule has 0 saturated heterocycles.